The molecule has 2 aromatic carbocycles. The van der Waals surface area contributed by atoms with Crippen molar-refractivity contribution in [2.75, 3.05) is 26.2 Å². The third-order valence-electron chi connectivity index (χ3n) is 8.43. The van der Waals surface area contributed by atoms with Gasteiger partial charge in [0.1, 0.15) is 11.5 Å². The molecular weight excluding hydrogens is 609 g/mol. The van der Waals surface area contributed by atoms with Crippen LogP contribution in [0.1, 0.15) is 41.7 Å². The van der Waals surface area contributed by atoms with E-state index in [0.717, 1.165) is 5.56 Å². The molecule has 2 atom stereocenters. The average Bonchev–Trinajstić information content (AvgIpc) is 3.35. The number of halogens is 2. The van der Waals surface area contributed by atoms with E-state index in [1.54, 1.807) is 51.9 Å². The second-order valence-corrected chi connectivity index (χ2v) is 12.3. The normalized spacial score (nSPS) is 20.2. The molecule has 0 unspecified atom stereocenters. The van der Waals surface area contributed by atoms with Crippen molar-refractivity contribution in [3.05, 3.63) is 92.6 Å². The van der Waals surface area contributed by atoms with E-state index in [0.29, 0.717) is 53.2 Å². The first-order valence-electron chi connectivity index (χ1n) is 14.3. The number of ether oxygens (including phenoxy) is 1. The van der Waals surface area contributed by atoms with Crippen LogP contribution in [0.4, 0.5) is 4.79 Å². The Labute approximate surface area is 262 Å². The molecule has 0 spiro atoms. The van der Waals surface area contributed by atoms with E-state index in [2.05, 4.69) is 4.98 Å². The summed E-state index contributed by atoms with van der Waals surface area (Å²) in [6, 6.07) is 15.0. The number of amides is 2. The number of piperidine rings is 1. The molecule has 13 heteroatoms. The van der Waals surface area contributed by atoms with Gasteiger partial charge in [0.05, 0.1) is 42.8 Å². The Morgan fingerprint density at radius 3 is 2.41 bits per heavy atom. The Morgan fingerprint density at radius 1 is 1.07 bits per heavy atom. The van der Waals surface area contributed by atoms with Crippen molar-refractivity contribution in [2.24, 2.45) is 0 Å². The van der Waals surface area contributed by atoms with Gasteiger partial charge in [-0.25, -0.2) is 9.78 Å². The summed E-state index contributed by atoms with van der Waals surface area (Å²) in [6.07, 6.45) is 0.820. The van der Waals surface area contributed by atoms with Crippen molar-refractivity contribution in [3.63, 3.8) is 0 Å². The number of morpholine rings is 1. The number of carbonyl (C=O) groups excluding carboxylic acids is 1. The van der Waals surface area contributed by atoms with Gasteiger partial charge in [0.15, 0.2) is 5.65 Å². The van der Waals surface area contributed by atoms with Gasteiger partial charge in [-0.2, -0.15) is 0 Å². The van der Waals surface area contributed by atoms with Crippen molar-refractivity contribution < 1.29 is 24.5 Å². The fourth-order valence-corrected chi connectivity index (χ4v) is 6.37. The number of hydrogen-bond acceptors (Lipinski definition) is 6. The molecule has 11 nitrogen and oxygen atoms in total. The van der Waals surface area contributed by atoms with Gasteiger partial charge in [-0.15, -0.1) is 0 Å². The van der Waals surface area contributed by atoms with Crippen LogP contribution in [0.25, 0.3) is 16.7 Å². The van der Waals surface area contributed by atoms with Gasteiger partial charge < -0.3 is 19.8 Å². The van der Waals surface area contributed by atoms with Crippen LogP contribution in [-0.2, 0) is 11.3 Å². The summed E-state index contributed by atoms with van der Waals surface area (Å²) in [5.74, 6) is -0.131. The highest BCUT2D eigenvalue weighted by atomic mass is 35.5. The molecule has 2 saturated heterocycles. The summed E-state index contributed by atoms with van der Waals surface area (Å²) in [5, 5.41) is 22.1. The number of fused-ring (bicyclic) bond motifs is 1. The quantitative estimate of drug-likeness (QED) is 0.326. The maximum absolute atomic E-state index is 13.5. The molecule has 4 heterocycles. The van der Waals surface area contributed by atoms with Gasteiger partial charge in [-0.05, 0) is 67.8 Å². The Bertz CT molecular complexity index is 1760. The highest BCUT2D eigenvalue weighted by Crippen LogP contribution is 2.30. The largest absolute Gasteiger partial charge is 0.465 e. The van der Waals surface area contributed by atoms with E-state index < -0.39 is 17.7 Å². The number of benzene rings is 2. The van der Waals surface area contributed by atoms with Crippen LogP contribution < -0.4 is 5.56 Å². The van der Waals surface area contributed by atoms with Crippen LogP contribution in [-0.4, -0.2) is 84.1 Å². The lowest BCUT2D eigenvalue weighted by atomic mass is 9.91. The number of hydrogen-bond donors (Lipinski definition) is 2. The first-order chi connectivity index (χ1) is 21.0. The molecule has 230 valence electrons. The standard InChI is InChI=1S/C31H31Cl2N5O6/c1-19-15-37(30(41)42)25(16-44-19)20-4-8-23(9-5-20)38-26(33)14-24-27(38)34-18-36(29(24)40)17-31(43)10-12-35(13-11-31)28(39)21-2-6-22(32)7-3-21/h2-9,14,18-19,25,43H,10-13,15-17H2,1H3,(H,41,42)/t19-,25-/m1/s1. The van der Waals surface area contributed by atoms with Gasteiger partial charge in [-0.1, -0.05) is 35.3 Å². The molecular formula is C31H31Cl2N5O6. The number of likely N-dealkylation sites (tertiary alicyclic amines) is 1. The van der Waals surface area contributed by atoms with Crippen LogP contribution in [0, 0.1) is 0 Å². The van der Waals surface area contributed by atoms with Gasteiger partial charge in [0.25, 0.3) is 11.5 Å². The second-order valence-electron chi connectivity index (χ2n) is 11.4. The molecule has 2 aliphatic heterocycles. The topological polar surface area (TPSA) is 130 Å². The van der Waals surface area contributed by atoms with Crippen molar-refractivity contribution in [1.29, 1.82) is 0 Å². The maximum atomic E-state index is 13.5. The summed E-state index contributed by atoms with van der Waals surface area (Å²) in [7, 11) is 0. The monoisotopic (exact) mass is 639 g/mol. The Hall–Kier alpha value is -3.90. The highest BCUT2D eigenvalue weighted by molar-refractivity contribution is 6.31. The van der Waals surface area contributed by atoms with Gasteiger partial charge in [0.2, 0.25) is 0 Å². The average molecular weight is 641 g/mol. The fourth-order valence-electron chi connectivity index (χ4n) is 5.96. The molecule has 0 radical (unpaired) electrons. The molecule has 2 N–H and O–H groups in total. The molecule has 44 heavy (non-hydrogen) atoms. The predicted octanol–water partition coefficient (Wildman–Crippen LogP) is 4.60. The summed E-state index contributed by atoms with van der Waals surface area (Å²) >= 11 is 12.5. The van der Waals surface area contributed by atoms with Crippen molar-refractivity contribution in [2.45, 2.75) is 44.1 Å². The SMILES string of the molecule is C[C@@H]1CN(C(=O)O)[C@@H](c2ccc(-n3c(Cl)cc4c(=O)n(CC5(O)CCN(C(=O)c6ccc(Cl)cc6)CC5)cnc43)cc2)CO1. The zero-order valence-electron chi connectivity index (χ0n) is 23.9. The molecule has 6 rings (SSSR count). The number of aromatic nitrogens is 3. The minimum absolute atomic E-state index is 0.0252. The molecule has 2 aliphatic rings. The summed E-state index contributed by atoms with van der Waals surface area (Å²) in [4.78, 5) is 45.8. The highest BCUT2D eigenvalue weighted by Gasteiger charge is 2.35. The minimum atomic E-state index is -1.19. The molecule has 2 amide bonds. The van der Waals surface area contributed by atoms with E-state index >= 15 is 0 Å². The molecule has 0 aliphatic carbocycles. The van der Waals surface area contributed by atoms with E-state index in [-0.39, 0.29) is 42.4 Å². The van der Waals surface area contributed by atoms with Crippen molar-refractivity contribution >= 4 is 46.2 Å². The summed E-state index contributed by atoms with van der Waals surface area (Å²) in [6.45, 7) is 3.08. The van der Waals surface area contributed by atoms with Gasteiger partial charge >= 0.3 is 6.09 Å². The number of nitrogens with zero attached hydrogens (tertiary/aromatic N) is 5. The zero-order chi connectivity index (χ0) is 31.2. The Kier molecular flexibility index (Phi) is 8.14. The van der Waals surface area contributed by atoms with Crippen LogP contribution in [0.15, 0.2) is 65.7 Å². The van der Waals surface area contributed by atoms with Crippen molar-refractivity contribution in [1.82, 2.24) is 23.9 Å². The second kappa shape index (κ2) is 11.9. The minimum Gasteiger partial charge on any atom is -0.465 e. The van der Waals surface area contributed by atoms with Gasteiger partial charge in [-0.3, -0.25) is 23.6 Å². The number of carbonyl (C=O) groups is 2. The molecule has 2 fully saturated rings. The van der Waals surface area contributed by atoms with Crippen molar-refractivity contribution in [3.8, 4) is 5.69 Å². The van der Waals surface area contributed by atoms with Crippen LogP contribution in [0.5, 0.6) is 0 Å². The third-order valence-corrected chi connectivity index (χ3v) is 8.96. The van der Waals surface area contributed by atoms with E-state index in [1.165, 1.54) is 15.8 Å². The molecule has 2 aromatic heterocycles. The lowest BCUT2D eigenvalue weighted by Crippen LogP contribution is -2.49. The first-order valence-corrected chi connectivity index (χ1v) is 15.0. The molecule has 0 bridgehead atoms. The third kappa shape index (κ3) is 5.80. The smallest absolute Gasteiger partial charge is 0.407 e. The van der Waals surface area contributed by atoms with Crippen LogP contribution in [0.3, 0.4) is 0 Å². The Balaban J connectivity index is 1.19. The molecule has 0 saturated carbocycles. The van der Waals surface area contributed by atoms with E-state index in [1.807, 2.05) is 19.1 Å². The number of carboxylic acid groups (broad SMARTS) is 1. The van der Waals surface area contributed by atoms with E-state index in [9.17, 15) is 24.6 Å². The summed E-state index contributed by atoms with van der Waals surface area (Å²) < 4.78 is 8.74. The fraction of sp³-hybridized carbons (Fsp3) is 0.355. The lowest BCUT2D eigenvalue weighted by Gasteiger charge is -2.38. The Morgan fingerprint density at radius 2 is 1.75 bits per heavy atom. The number of rotatable bonds is 5. The first kappa shape index (κ1) is 30.1. The number of aliphatic hydroxyl groups is 1. The van der Waals surface area contributed by atoms with Gasteiger partial charge in [0, 0.05) is 29.4 Å². The van der Waals surface area contributed by atoms with E-state index in [4.69, 9.17) is 27.9 Å². The molecule has 4 aromatic rings. The van der Waals surface area contributed by atoms with Crippen LogP contribution in [0.2, 0.25) is 10.2 Å². The lowest BCUT2D eigenvalue weighted by molar-refractivity contribution is -0.0465. The predicted molar refractivity (Wildman–Crippen MR) is 165 cm³/mol. The maximum Gasteiger partial charge on any atom is 0.407 e. The zero-order valence-corrected chi connectivity index (χ0v) is 25.4. The summed E-state index contributed by atoms with van der Waals surface area (Å²) in [5.41, 5.74) is 0.790. The van der Waals surface area contributed by atoms with Crippen LogP contribution >= 0.6 is 23.2 Å².